The quantitative estimate of drug-likeness (QED) is 0.476. The van der Waals surface area contributed by atoms with E-state index in [1.165, 1.54) is 12.3 Å². The lowest BCUT2D eigenvalue weighted by molar-refractivity contribution is -0.385. The number of hydrogen-bond donors (Lipinski definition) is 0. The molecule has 0 fully saturated rings. The van der Waals surface area contributed by atoms with Crippen LogP contribution in [0.2, 0.25) is 0 Å². The van der Waals surface area contributed by atoms with Gasteiger partial charge in [0.1, 0.15) is 5.75 Å². The molecule has 0 aliphatic rings. The molecule has 0 atom stereocenters. The molecule has 0 saturated heterocycles. The lowest BCUT2D eigenvalue weighted by Gasteiger charge is -2.00. The maximum atomic E-state index is 10.9. The van der Waals surface area contributed by atoms with Crippen molar-refractivity contribution in [2.24, 2.45) is 4.99 Å². The van der Waals surface area contributed by atoms with Crippen LogP contribution in [-0.2, 0) is 6.54 Å². The van der Waals surface area contributed by atoms with Crippen molar-refractivity contribution in [1.82, 2.24) is 0 Å². The smallest absolute Gasteiger partial charge is 0.278 e. The van der Waals surface area contributed by atoms with Crippen molar-refractivity contribution >= 4 is 11.9 Å². The average Bonchev–Trinajstić information content (AvgIpc) is 2.48. The van der Waals surface area contributed by atoms with Gasteiger partial charge in [-0.1, -0.05) is 24.3 Å². The highest BCUT2D eigenvalue weighted by Crippen LogP contribution is 2.16. The van der Waals surface area contributed by atoms with Gasteiger partial charge in [-0.15, -0.1) is 0 Å². The Bertz CT molecular complexity index is 621. The largest absolute Gasteiger partial charge is 0.497 e. The van der Waals surface area contributed by atoms with Gasteiger partial charge in [0.05, 0.1) is 24.1 Å². The number of aliphatic imine (C=N–C) groups is 1. The van der Waals surface area contributed by atoms with Gasteiger partial charge < -0.3 is 4.74 Å². The van der Waals surface area contributed by atoms with Gasteiger partial charge in [-0.25, -0.2) is 0 Å². The average molecular weight is 270 g/mol. The molecule has 20 heavy (non-hydrogen) atoms. The molecule has 0 aliphatic carbocycles. The van der Waals surface area contributed by atoms with E-state index in [9.17, 15) is 10.1 Å². The number of benzene rings is 2. The van der Waals surface area contributed by atoms with Gasteiger partial charge in [0, 0.05) is 12.3 Å². The van der Waals surface area contributed by atoms with Gasteiger partial charge in [0.15, 0.2) is 0 Å². The van der Waals surface area contributed by atoms with E-state index in [0.29, 0.717) is 12.1 Å². The summed E-state index contributed by atoms with van der Waals surface area (Å²) in [5.74, 6) is 0.788. The van der Waals surface area contributed by atoms with Crippen LogP contribution in [0, 0.1) is 10.1 Å². The van der Waals surface area contributed by atoms with E-state index in [2.05, 4.69) is 4.99 Å². The van der Waals surface area contributed by atoms with Crippen LogP contribution in [-0.4, -0.2) is 18.2 Å². The maximum absolute atomic E-state index is 10.9. The Balaban J connectivity index is 2.08. The third-order valence-corrected chi connectivity index (χ3v) is 2.80. The molecule has 2 aromatic carbocycles. The Morgan fingerprint density at radius 1 is 1.20 bits per heavy atom. The second-order valence-electron chi connectivity index (χ2n) is 4.13. The summed E-state index contributed by atoms with van der Waals surface area (Å²) in [5.41, 5.74) is 1.58. The van der Waals surface area contributed by atoms with Crippen LogP contribution in [0.5, 0.6) is 5.75 Å². The summed E-state index contributed by atoms with van der Waals surface area (Å²) >= 11 is 0. The Morgan fingerprint density at radius 3 is 2.55 bits per heavy atom. The fourth-order valence-electron chi connectivity index (χ4n) is 1.74. The molecule has 0 aliphatic heterocycles. The molecule has 0 radical (unpaired) electrons. The molecule has 0 saturated carbocycles. The highest BCUT2D eigenvalue weighted by Gasteiger charge is 2.09. The van der Waals surface area contributed by atoms with Crippen molar-refractivity contribution in [2.45, 2.75) is 6.54 Å². The second-order valence-corrected chi connectivity index (χ2v) is 4.13. The summed E-state index contributed by atoms with van der Waals surface area (Å²) in [7, 11) is 1.61. The zero-order valence-corrected chi connectivity index (χ0v) is 11.0. The van der Waals surface area contributed by atoms with Gasteiger partial charge in [-0.2, -0.15) is 0 Å². The minimum Gasteiger partial charge on any atom is -0.497 e. The van der Waals surface area contributed by atoms with Gasteiger partial charge in [-0.05, 0) is 23.8 Å². The molecule has 0 aromatic heterocycles. The first-order valence-electron chi connectivity index (χ1n) is 6.07. The summed E-state index contributed by atoms with van der Waals surface area (Å²) in [4.78, 5) is 14.7. The third kappa shape index (κ3) is 3.41. The van der Waals surface area contributed by atoms with Gasteiger partial charge in [-0.3, -0.25) is 15.1 Å². The highest BCUT2D eigenvalue weighted by molar-refractivity contribution is 5.85. The normalized spacial score (nSPS) is 10.7. The van der Waals surface area contributed by atoms with Crippen molar-refractivity contribution in [1.29, 1.82) is 0 Å². The van der Waals surface area contributed by atoms with Crippen LogP contribution in [0.4, 0.5) is 5.69 Å². The summed E-state index contributed by atoms with van der Waals surface area (Å²) in [6.07, 6.45) is 1.53. The van der Waals surface area contributed by atoms with E-state index in [0.717, 1.165) is 11.3 Å². The van der Waals surface area contributed by atoms with E-state index in [-0.39, 0.29) is 5.69 Å². The standard InChI is InChI=1S/C15H14N2O3/c1-20-14-8-6-12(7-9-14)10-16-11-13-4-2-3-5-15(13)17(18)19/h2-9,11H,10H2,1H3. The monoisotopic (exact) mass is 270 g/mol. The van der Waals surface area contributed by atoms with Crippen molar-refractivity contribution < 1.29 is 9.66 Å². The van der Waals surface area contributed by atoms with Crippen molar-refractivity contribution in [2.75, 3.05) is 7.11 Å². The number of ether oxygens (including phenoxy) is 1. The van der Waals surface area contributed by atoms with Gasteiger partial charge >= 0.3 is 0 Å². The minimum atomic E-state index is -0.408. The lowest BCUT2D eigenvalue weighted by atomic mass is 10.2. The lowest BCUT2D eigenvalue weighted by Crippen LogP contribution is -1.94. The molecule has 2 aromatic rings. The number of methoxy groups -OCH3 is 1. The number of rotatable bonds is 5. The third-order valence-electron chi connectivity index (χ3n) is 2.80. The molecule has 102 valence electrons. The minimum absolute atomic E-state index is 0.0611. The molecule has 0 N–H and O–H groups in total. The molecule has 0 amide bonds. The van der Waals surface area contributed by atoms with Crippen LogP contribution in [0.25, 0.3) is 0 Å². The summed E-state index contributed by atoms with van der Waals surface area (Å²) in [5, 5.41) is 10.9. The number of nitrogens with zero attached hydrogens (tertiary/aromatic N) is 2. The predicted octanol–water partition coefficient (Wildman–Crippen LogP) is 3.22. The topological polar surface area (TPSA) is 64.7 Å². The Labute approximate surface area is 116 Å². The summed E-state index contributed by atoms with van der Waals surface area (Å²) in [6, 6.07) is 14.1. The van der Waals surface area contributed by atoms with Crippen LogP contribution >= 0.6 is 0 Å². The zero-order valence-electron chi connectivity index (χ0n) is 11.0. The number of nitro groups is 1. The van der Waals surface area contributed by atoms with Gasteiger partial charge in [0.25, 0.3) is 5.69 Å². The van der Waals surface area contributed by atoms with E-state index in [1.54, 1.807) is 25.3 Å². The summed E-state index contributed by atoms with van der Waals surface area (Å²) < 4.78 is 5.07. The van der Waals surface area contributed by atoms with E-state index in [1.807, 2.05) is 24.3 Å². The fraction of sp³-hybridized carbons (Fsp3) is 0.133. The molecule has 0 spiro atoms. The van der Waals surface area contributed by atoms with Crippen molar-refractivity contribution in [3.05, 3.63) is 69.8 Å². The van der Waals surface area contributed by atoms with E-state index in [4.69, 9.17) is 4.74 Å². The maximum Gasteiger partial charge on any atom is 0.278 e. The fourth-order valence-corrected chi connectivity index (χ4v) is 1.74. The Kier molecular flexibility index (Phi) is 4.44. The van der Waals surface area contributed by atoms with Crippen molar-refractivity contribution in [3.63, 3.8) is 0 Å². The Hall–Kier alpha value is -2.69. The highest BCUT2D eigenvalue weighted by atomic mass is 16.6. The van der Waals surface area contributed by atoms with Crippen LogP contribution < -0.4 is 4.74 Å². The molecule has 0 bridgehead atoms. The molecular formula is C15H14N2O3. The molecule has 0 unspecified atom stereocenters. The first kappa shape index (κ1) is 13.7. The van der Waals surface area contributed by atoms with Crippen LogP contribution in [0.15, 0.2) is 53.5 Å². The molecule has 2 rings (SSSR count). The van der Waals surface area contributed by atoms with Crippen LogP contribution in [0.1, 0.15) is 11.1 Å². The van der Waals surface area contributed by atoms with Crippen LogP contribution in [0.3, 0.4) is 0 Å². The number of para-hydroxylation sites is 1. The Morgan fingerprint density at radius 2 is 1.90 bits per heavy atom. The number of nitro benzene ring substituents is 1. The molecule has 5 nitrogen and oxygen atoms in total. The SMILES string of the molecule is COc1ccc(CN=Cc2ccccc2[N+](=O)[O-])cc1. The molecule has 5 heteroatoms. The van der Waals surface area contributed by atoms with E-state index < -0.39 is 4.92 Å². The first-order chi connectivity index (χ1) is 9.70. The van der Waals surface area contributed by atoms with Gasteiger partial charge in [0.2, 0.25) is 0 Å². The van der Waals surface area contributed by atoms with Crippen molar-refractivity contribution in [3.8, 4) is 5.75 Å². The first-order valence-corrected chi connectivity index (χ1v) is 6.07. The second kappa shape index (κ2) is 6.47. The zero-order chi connectivity index (χ0) is 14.4. The van der Waals surface area contributed by atoms with E-state index >= 15 is 0 Å². The molecular weight excluding hydrogens is 256 g/mol. The molecule has 0 heterocycles. The predicted molar refractivity (Wildman–Crippen MR) is 77.4 cm³/mol. The number of hydrogen-bond acceptors (Lipinski definition) is 4. The summed E-state index contributed by atoms with van der Waals surface area (Å²) in [6.45, 7) is 0.468.